The Morgan fingerprint density at radius 2 is 0.553 bits per heavy atom. The van der Waals surface area contributed by atoms with Crippen molar-refractivity contribution >= 4 is 65.0 Å². The molecule has 0 aromatic carbocycles. The van der Waals surface area contributed by atoms with Gasteiger partial charge in [0.2, 0.25) is 0 Å². The molecule has 5 N–H and O–H groups in total. The van der Waals surface area contributed by atoms with E-state index in [2.05, 4.69) is 65.9 Å². The first-order valence-corrected chi connectivity index (χ1v) is 42.5. The molecule has 0 aliphatic heterocycles. The van der Waals surface area contributed by atoms with Crippen LogP contribution in [0.5, 0.6) is 0 Å². The fourth-order valence-corrected chi connectivity index (χ4v) is 24.3. The van der Waals surface area contributed by atoms with Crippen LogP contribution < -0.4 is 26.6 Å². The molecule has 6 rings (SSSR count). The molecule has 0 atom stereocenters. The van der Waals surface area contributed by atoms with E-state index in [4.69, 9.17) is 42.0 Å². The molecular formula is C70H119N5O17Si2. The zero-order chi connectivity index (χ0) is 67.6. The lowest BCUT2D eigenvalue weighted by atomic mass is 9.74. The van der Waals surface area contributed by atoms with Gasteiger partial charge in [0.25, 0.3) is 0 Å². The van der Waals surface area contributed by atoms with Crippen LogP contribution in [0.15, 0.2) is 25.3 Å². The number of alkyl carbamates (subject to hydrolysis) is 5. The summed E-state index contributed by atoms with van der Waals surface area (Å²) in [6, 6.07) is 2.39. The van der Waals surface area contributed by atoms with Gasteiger partial charge >= 0.3 is 48.4 Å². The first-order chi connectivity index (χ1) is 45.2. The van der Waals surface area contributed by atoms with Gasteiger partial charge in [-0.05, 0) is 266 Å². The van der Waals surface area contributed by atoms with Crippen molar-refractivity contribution in [2.75, 3.05) is 52.9 Å². The Balaban J connectivity index is 0.682. The number of hydrogen-bond donors (Lipinski definition) is 5. The van der Waals surface area contributed by atoms with E-state index in [-0.39, 0.29) is 80.9 Å². The lowest BCUT2D eigenvalue weighted by molar-refractivity contribution is -0.145. The van der Waals surface area contributed by atoms with Gasteiger partial charge in [-0.2, -0.15) is 0 Å². The minimum absolute atomic E-state index is 0.00390. The molecule has 0 aromatic rings. The van der Waals surface area contributed by atoms with E-state index in [1.165, 1.54) is 19.3 Å². The second kappa shape index (κ2) is 42.3. The minimum atomic E-state index is -2.02. The highest BCUT2D eigenvalue weighted by Crippen LogP contribution is 2.40. The standard InChI is InChI=1S/C70H119N5O17Si2/c1-7-63(76)85-41-43-90-69(82)74-61-33-17-52(18-34-61)47-51-13-15-57(16-14-51)50-65(78)84-37-9-10-38-87-66(79)71-58-27-19-53(20-28-58)48-54-21-29-59(30-22-54)72-67(80)88-39-11-45-93(3,4)92-94(5,6)46-12-40-89-68(81)73-60-31-23-55(24-32-60)49-56-25-35-62(36-26-56)75-70(83)91-44-42-86-64(77)8-2/h7-8,51-62H,1-2,9-50H2,3-6H3,(H,71,79)(H,72,80)(H,73,81)(H,74,82)(H,75,83). The van der Waals surface area contributed by atoms with E-state index in [1.54, 1.807) is 0 Å². The Kier molecular flexibility index (Phi) is 35.0. The van der Waals surface area contributed by atoms with Crippen molar-refractivity contribution in [2.24, 2.45) is 41.4 Å². The van der Waals surface area contributed by atoms with Gasteiger partial charge in [-0.1, -0.05) is 26.0 Å². The highest BCUT2D eigenvalue weighted by atomic mass is 28.4. The molecule has 5 amide bonds. The second-order valence-electron chi connectivity index (χ2n) is 29.3. The Morgan fingerprint density at radius 1 is 0.319 bits per heavy atom. The summed E-state index contributed by atoms with van der Waals surface area (Å²) in [5.74, 6) is 3.07. The van der Waals surface area contributed by atoms with Crippen molar-refractivity contribution in [1.29, 1.82) is 0 Å². The van der Waals surface area contributed by atoms with Crippen molar-refractivity contribution in [3.63, 3.8) is 0 Å². The third-order valence-corrected chi connectivity index (χ3v) is 28.2. The van der Waals surface area contributed by atoms with Crippen molar-refractivity contribution < 1.29 is 80.4 Å². The number of ether oxygens (including phenoxy) is 8. The molecule has 6 aliphatic carbocycles. The Bertz CT molecular complexity index is 2320. The van der Waals surface area contributed by atoms with Crippen LogP contribution in [0.25, 0.3) is 0 Å². The maximum atomic E-state index is 12.8. The predicted molar refractivity (Wildman–Crippen MR) is 362 cm³/mol. The van der Waals surface area contributed by atoms with Crippen LogP contribution >= 0.6 is 0 Å². The number of amides is 5. The molecular weight excluding hydrogens is 1240 g/mol. The van der Waals surface area contributed by atoms with Gasteiger partial charge in [0, 0.05) is 48.8 Å². The molecule has 22 nitrogen and oxygen atoms in total. The highest BCUT2D eigenvalue weighted by molar-refractivity contribution is 6.84. The summed E-state index contributed by atoms with van der Waals surface area (Å²) in [6.45, 7) is 17.0. The Morgan fingerprint density at radius 3 is 0.840 bits per heavy atom. The molecule has 6 saturated carbocycles. The second-order valence-corrected chi connectivity index (χ2v) is 38.1. The van der Waals surface area contributed by atoms with Crippen molar-refractivity contribution in [2.45, 2.75) is 274 Å². The van der Waals surface area contributed by atoms with Gasteiger partial charge in [-0.3, -0.25) is 4.79 Å². The number of esters is 3. The third-order valence-electron chi connectivity index (χ3n) is 20.6. The van der Waals surface area contributed by atoms with E-state index in [1.807, 2.05) is 0 Å². The van der Waals surface area contributed by atoms with Crippen molar-refractivity contribution in [3.8, 4) is 0 Å². The maximum absolute atomic E-state index is 12.8. The van der Waals surface area contributed by atoms with E-state index in [9.17, 15) is 38.4 Å². The van der Waals surface area contributed by atoms with E-state index in [0.717, 1.165) is 191 Å². The third kappa shape index (κ3) is 32.6. The fourth-order valence-electron chi connectivity index (χ4n) is 15.5. The van der Waals surface area contributed by atoms with Crippen LogP contribution in [-0.2, 0) is 56.4 Å². The van der Waals surface area contributed by atoms with Gasteiger partial charge in [0.05, 0.1) is 26.4 Å². The number of nitrogens with one attached hydrogen (secondary N) is 5. The summed E-state index contributed by atoms with van der Waals surface area (Å²) in [7, 11) is -4.03. The van der Waals surface area contributed by atoms with Gasteiger partial charge in [-0.15, -0.1) is 0 Å². The SMILES string of the molecule is C=CC(=O)OCCOC(=O)NC1CCC(CC2CCC(CC(=O)OCCCCOC(=O)NC3CCC(CC4CCC(NC(=O)OCCC[Si](C)(C)O[Si](C)(C)CCCOC(=O)NC5CCC(CC6CCC(NC(=O)OCCOC(=O)C=C)CC6)CC5)CC4)CC3)CC2)CC1. The van der Waals surface area contributed by atoms with E-state index < -0.39 is 40.8 Å². The lowest BCUT2D eigenvalue weighted by Gasteiger charge is -2.34. The van der Waals surface area contributed by atoms with E-state index >= 15 is 0 Å². The summed E-state index contributed by atoms with van der Waals surface area (Å²) in [5, 5.41) is 15.2. The molecule has 0 radical (unpaired) electrons. The zero-order valence-electron chi connectivity index (χ0n) is 57.6. The largest absolute Gasteiger partial charge is 0.466 e. The normalized spacial score (nSPS) is 26.5. The molecule has 0 spiro atoms. The summed E-state index contributed by atoms with van der Waals surface area (Å²) < 4.78 is 49.1. The van der Waals surface area contributed by atoms with Crippen LogP contribution in [0.1, 0.15) is 205 Å². The summed E-state index contributed by atoms with van der Waals surface area (Å²) >= 11 is 0. The summed E-state index contributed by atoms with van der Waals surface area (Å²) in [6.07, 6.45) is 31.7. The maximum Gasteiger partial charge on any atom is 0.407 e. The highest BCUT2D eigenvalue weighted by Gasteiger charge is 2.35. The molecule has 94 heavy (non-hydrogen) atoms. The summed E-state index contributed by atoms with van der Waals surface area (Å²) in [5.41, 5.74) is 0. The molecule has 0 unspecified atom stereocenters. The van der Waals surface area contributed by atoms with Crippen LogP contribution in [0.2, 0.25) is 38.3 Å². The minimum Gasteiger partial charge on any atom is -0.466 e. The first kappa shape index (κ1) is 77.6. The number of carbonyl (C=O) groups excluding carboxylic acids is 8. The molecule has 24 heteroatoms. The molecule has 0 heterocycles. The molecule has 0 aromatic heterocycles. The predicted octanol–water partition coefficient (Wildman–Crippen LogP) is 13.8. The molecule has 0 saturated heterocycles. The van der Waals surface area contributed by atoms with Crippen molar-refractivity contribution in [3.05, 3.63) is 25.3 Å². The topological polar surface area (TPSA) is 280 Å². The van der Waals surface area contributed by atoms with Gasteiger partial charge in [0.1, 0.15) is 26.4 Å². The average molecular weight is 1360 g/mol. The molecule has 0 bridgehead atoms. The Labute approximate surface area is 563 Å². The monoisotopic (exact) mass is 1360 g/mol. The number of rotatable bonds is 36. The van der Waals surface area contributed by atoms with Crippen molar-refractivity contribution in [1.82, 2.24) is 26.6 Å². The van der Waals surface area contributed by atoms with Crippen LogP contribution in [0.3, 0.4) is 0 Å². The van der Waals surface area contributed by atoms with Gasteiger partial charge < -0.3 is 68.6 Å². The van der Waals surface area contributed by atoms with Crippen LogP contribution in [0, 0.1) is 41.4 Å². The molecule has 534 valence electrons. The smallest absolute Gasteiger partial charge is 0.407 e. The number of hydrogen-bond acceptors (Lipinski definition) is 17. The number of carbonyl (C=O) groups is 8. The average Bonchev–Trinajstić information content (AvgIpc) is 1.50. The van der Waals surface area contributed by atoms with Crippen LogP contribution in [0.4, 0.5) is 24.0 Å². The van der Waals surface area contributed by atoms with Crippen LogP contribution in [-0.4, -0.2) is 148 Å². The quantitative estimate of drug-likeness (QED) is 0.0128. The zero-order valence-corrected chi connectivity index (χ0v) is 59.6. The Hall–Kier alpha value is -5.37. The summed E-state index contributed by atoms with van der Waals surface area (Å²) in [4.78, 5) is 97.3. The fraction of sp³-hybridized carbons (Fsp3) is 0.829. The first-order valence-electron chi connectivity index (χ1n) is 36.3. The number of unbranched alkanes of at least 4 members (excludes halogenated alkanes) is 1. The van der Waals surface area contributed by atoms with Gasteiger partial charge in [-0.25, -0.2) is 33.6 Å². The molecule has 6 fully saturated rings. The lowest BCUT2D eigenvalue weighted by Crippen LogP contribution is -2.44. The molecule has 6 aliphatic rings. The van der Waals surface area contributed by atoms with E-state index in [0.29, 0.717) is 87.1 Å². The van der Waals surface area contributed by atoms with Gasteiger partial charge in [0.15, 0.2) is 16.6 Å².